The van der Waals surface area contributed by atoms with Crippen molar-refractivity contribution >= 4 is 27.2 Å². The monoisotopic (exact) mass is 406 g/mol. The number of anilines is 2. The molecule has 0 saturated heterocycles. The fraction of sp³-hybridized carbons (Fsp3) is 0.190. The summed E-state index contributed by atoms with van der Waals surface area (Å²) >= 11 is 0. The van der Waals surface area contributed by atoms with E-state index >= 15 is 0 Å². The molecule has 0 spiro atoms. The van der Waals surface area contributed by atoms with Crippen molar-refractivity contribution in [1.29, 1.82) is 0 Å². The van der Waals surface area contributed by atoms with Gasteiger partial charge in [0.15, 0.2) is 0 Å². The number of aryl methyl sites for hydroxylation is 2. The smallest absolute Gasteiger partial charge is 0.220 e. The van der Waals surface area contributed by atoms with Crippen LogP contribution in [0, 0.1) is 18.8 Å². The van der Waals surface area contributed by atoms with Crippen LogP contribution in [0.1, 0.15) is 29.4 Å². The van der Waals surface area contributed by atoms with Gasteiger partial charge in [-0.1, -0.05) is 18.8 Å². The summed E-state index contributed by atoms with van der Waals surface area (Å²) in [6, 6.07) is 5.54. The first kappa shape index (κ1) is 20.3. The number of hydrogen-bond donors (Lipinski definition) is 2. The number of nitrogens with zero attached hydrogens (tertiary/aromatic N) is 4. The molecule has 0 bridgehead atoms. The van der Waals surface area contributed by atoms with Crippen molar-refractivity contribution in [2.24, 2.45) is 0 Å². The van der Waals surface area contributed by atoms with E-state index in [4.69, 9.17) is 5.73 Å². The third-order valence-corrected chi connectivity index (χ3v) is 4.67. The van der Waals surface area contributed by atoms with Crippen LogP contribution in [0.15, 0.2) is 36.8 Å². The van der Waals surface area contributed by atoms with Gasteiger partial charge in [0.05, 0.1) is 28.3 Å². The molecule has 1 unspecified atom stereocenters. The summed E-state index contributed by atoms with van der Waals surface area (Å²) < 4.78 is 14.9. The zero-order valence-corrected chi connectivity index (χ0v) is 17.4. The topological polar surface area (TPSA) is 107 Å². The van der Waals surface area contributed by atoms with Crippen molar-refractivity contribution in [3.05, 3.63) is 59.3 Å². The highest BCUT2D eigenvalue weighted by atomic mass is 32.2. The van der Waals surface area contributed by atoms with Crippen LogP contribution >= 0.6 is 0 Å². The number of hydrogen-bond acceptors (Lipinski definition) is 6. The van der Waals surface area contributed by atoms with Crippen molar-refractivity contribution in [1.82, 2.24) is 19.9 Å². The number of nitrogens with one attached hydrogen (secondary N) is 1. The molecule has 29 heavy (non-hydrogen) atoms. The molecule has 3 aromatic rings. The van der Waals surface area contributed by atoms with Crippen molar-refractivity contribution in [2.45, 2.75) is 20.3 Å². The molecule has 0 aliphatic rings. The van der Waals surface area contributed by atoms with E-state index < -0.39 is 9.71 Å². The van der Waals surface area contributed by atoms with Crippen LogP contribution in [0.5, 0.6) is 0 Å². The molecule has 3 N–H and O–H groups in total. The molecular weight excluding hydrogens is 384 g/mol. The van der Waals surface area contributed by atoms with Gasteiger partial charge in [-0.3, -0.25) is 9.97 Å². The highest BCUT2D eigenvalue weighted by Gasteiger charge is 2.13. The number of aromatic nitrogens is 4. The first-order chi connectivity index (χ1) is 13.8. The summed E-state index contributed by atoms with van der Waals surface area (Å²) in [4.78, 5) is 17.2. The highest BCUT2D eigenvalue weighted by molar-refractivity contribution is 8.00. The molecular formula is C21H22N6OS. The third kappa shape index (κ3) is 5.09. The third-order valence-electron chi connectivity index (χ3n) is 4.02. The molecule has 7 nitrogen and oxygen atoms in total. The van der Waals surface area contributed by atoms with Gasteiger partial charge in [-0.25, -0.2) is 14.2 Å². The Balaban J connectivity index is 2.11. The van der Waals surface area contributed by atoms with Crippen molar-refractivity contribution in [2.75, 3.05) is 16.7 Å². The normalized spacial score (nSPS) is 12.5. The summed E-state index contributed by atoms with van der Waals surface area (Å²) in [5.41, 5.74) is 10.8. The minimum absolute atomic E-state index is 0.197. The van der Waals surface area contributed by atoms with Gasteiger partial charge in [0.1, 0.15) is 0 Å². The van der Waals surface area contributed by atoms with Crippen LogP contribution in [-0.4, -0.2) is 36.3 Å². The van der Waals surface area contributed by atoms with E-state index in [0.717, 1.165) is 17.0 Å². The molecule has 3 heterocycles. The molecule has 148 valence electrons. The van der Waals surface area contributed by atoms with Gasteiger partial charge in [0.2, 0.25) is 5.95 Å². The summed E-state index contributed by atoms with van der Waals surface area (Å²) in [6.07, 6.45) is 7.27. The summed E-state index contributed by atoms with van der Waals surface area (Å²) in [6.45, 7) is 3.82. The van der Waals surface area contributed by atoms with E-state index in [0.29, 0.717) is 28.9 Å². The average molecular weight is 407 g/mol. The Bertz CT molecular complexity index is 1210. The first-order valence-corrected chi connectivity index (χ1v) is 11.1. The summed E-state index contributed by atoms with van der Waals surface area (Å²) in [7, 11) is -2.42. The molecule has 0 amide bonds. The lowest BCUT2D eigenvalue weighted by Crippen LogP contribution is -2.11. The lowest BCUT2D eigenvalue weighted by molar-refractivity contribution is 0.688. The fourth-order valence-corrected chi connectivity index (χ4v) is 3.37. The molecule has 8 heteroatoms. The van der Waals surface area contributed by atoms with Crippen LogP contribution < -0.4 is 10.5 Å². The van der Waals surface area contributed by atoms with Gasteiger partial charge in [0.25, 0.3) is 0 Å². The van der Waals surface area contributed by atoms with E-state index in [1.54, 1.807) is 24.7 Å². The zero-order chi connectivity index (χ0) is 21.0. The number of nitrogens with two attached hydrogens (primary N) is 1. The quantitative estimate of drug-likeness (QED) is 0.509. The summed E-state index contributed by atoms with van der Waals surface area (Å²) in [5, 5.41) is 0. The van der Waals surface area contributed by atoms with Crippen LogP contribution in [0.2, 0.25) is 0 Å². The average Bonchev–Trinajstić information content (AvgIpc) is 2.68. The van der Waals surface area contributed by atoms with Crippen LogP contribution in [-0.2, 0) is 16.1 Å². The fourth-order valence-electron chi connectivity index (χ4n) is 2.70. The number of nitrogen functional groups attached to an aromatic ring is 1. The second-order valence-electron chi connectivity index (χ2n) is 6.56. The molecule has 0 radical (unpaired) electrons. The Morgan fingerprint density at radius 2 is 2.07 bits per heavy atom. The second kappa shape index (κ2) is 8.29. The maximum absolute atomic E-state index is 12.0. The minimum atomic E-state index is -2.42. The molecule has 0 saturated carbocycles. The van der Waals surface area contributed by atoms with E-state index in [1.807, 2.05) is 26.0 Å². The van der Waals surface area contributed by atoms with E-state index in [-0.39, 0.29) is 5.95 Å². The molecule has 0 aliphatic carbocycles. The first-order valence-electron chi connectivity index (χ1n) is 8.92. The summed E-state index contributed by atoms with van der Waals surface area (Å²) in [5.74, 6) is 10.1. The Labute approximate surface area is 171 Å². The Morgan fingerprint density at radius 3 is 2.72 bits per heavy atom. The lowest BCUT2D eigenvalue weighted by atomic mass is 10.0. The van der Waals surface area contributed by atoms with E-state index in [1.165, 1.54) is 6.26 Å². The van der Waals surface area contributed by atoms with Crippen LogP contribution in [0.4, 0.5) is 11.6 Å². The molecule has 3 aromatic heterocycles. The standard InChI is InChI=1S/C21H22N6OS/c1-5-18-17(20(26-21(22)25-18)16-7-6-10-23-13-16)9-8-15-11-19(14(2)24-12-15)27-29(3,4)28/h6-7,10-13H,3,5H2,1-2,4H3,(H,27,28)(H2,22,25,26). The van der Waals surface area contributed by atoms with E-state index in [2.05, 4.69) is 42.4 Å². The van der Waals surface area contributed by atoms with Gasteiger partial charge >= 0.3 is 0 Å². The van der Waals surface area contributed by atoms with Gasteiger partial charge in [-0.15, -0.1) is 0 Å². The molecule has 0 aromatic carbocycles. The van der Waals surface area contributed by atoms with Crippen molar-refractivity contribution in [3.63, 3.8) is 0 Å². The van der Waals surface area contributed by atoms with Crippen molar-refractivity contribution in [3.8, 4) is 23.1 Å². The Morgan fingerprint density at radius 1 is 1.28 bits per heavy atom. The van der Waals surface area contributed by atoms with Crippen molar-refractivity contribution < 1.29 is 4.21 Å². The minimum Gasteiger partial charge on any atom is -0.368 e. The van der Waals surface area contributed by atoms with E-state index in [9.17, 15) is 4.21 Å². The Kier molecular flexibility index (Phi) is 5.80. The lowest BCUT2D eigenvalue weighted by Gasteiger charge is -2.10. The predicted octanol–water partition coefficient (Wildman–Crippen LogP) is 2.46. The van der Waals surface area contributed by atoms with Crippen LogP contribution in [0.25, 0.3) is 11.3 Å². The maximum Gasteiger partial charge on any atom is 0.220 e. The predicted molar refractivity (Wildman–Crippen MR) is 119 cm³/mol. The SMILES string of the molecule is C=S(C)(=O)Nc1cc(C#Cc2c(CC)nc(N)nc2-c2cccnc2)cnc1C. The van der Waals surface area contributed by atoms with Crippen LogP contribution in [0.3, 0.4) is 0 Å². The Hall–Kier alpha value is -3.44. The molecule has 0 aliphatic heterocycles. The van der Waals surface area contributed by atoms with Gasteiger partial charge < -0.3 is 10.5 Å². The van der Waals surface area contributed by atoms with Gasteiger partial charge in [-0.05, 0) is 37.4 Å². The van der Waals surface area contributed by atoms with Gasteiger partial charge in [-0.2, -0.15) is 0 Å². The molecule has 3 rings (SSSR count). The van der Waals surface area contributed by atoms with Gasteiger partial charge in [0, 0.05) is 45.7 Å². The number of rotatable bonds is 4. The number of pyridine rings is 2. The largest absolute Gasteiger partial charge is 0.368 e. The maximum atomic E-state index is 12.0. The second-order valence-corrected chi connectivity index (χ2v) is 8.78. The molecule has 0 fully saturated rings. The zero-order valence-electron chi connectivity index (χ0n) is 16.6. The molecule has 1 atom stereocenters. The highest BCUT2D eigenvalue weighted by Crippen LogP contribution is 2.24.